The predicted molar refractivity (Wildman–Crippen MR) is 108 cm³/mol. The third-order valence-electron chi connectivity index (χ3n) is 5.71. The number of hydrogen-bond donors (Lipinski definition) is 0. The molecule has 0 N–H and O–H groups in total. The number of likely N-dealkylation sites (tertiary alicyclic amines) is 1. The van der Waals surface area contributed by atoms with Crippen molar-refractivity contribution in [1.82, 2.24) is 9.80 Å². The molecule has 2 amide bonds. The SMILES string of the molecule is COc1ccc(N2CCN(C(=O)C3CN(C(=O)c4ccc(F)c(F)c4)C3)CC2)cc1. The number of benzene rings is 2. The molecule has 2 aromatic carbocycles. The van der Waals surface area contributed by atoms with E-state index in [0.717, 1.165) is 36.7 Å². The van der Waals surface area contributed by atoms with Crippen molar-refractivity contribution in [3.05, 3.63) is 59.7 Å². The van der Waals surface area contributed by atoms with Crippen LogP contribution < -0.4 is 9.64 Å². The van der Waals surface area contributed by atoms with Gasteiger partial charge < -0.3 is 19.4 Å². The number of hydrogen-bond acceptors (Lipinski definition) is 4. The van der Waals surface area contributed by atoms with E-state index in [4.69, 9.17) is 4.74 Å². The van der Waals surface area contributed by atoms with Crippen LogP contribution in [0, 0.1) is 17.6 Å². The van der Waals surface area contributed by atoms with Gasteiger partial charge in [0.2, 0.25) is 5.91 Å². The summed E-state index contributed by atoms with van der Waals surface area (Å²) < 4.78 is 31.6. The highest BCUT2D eigenvalue weighted by atomic mass is 19.2. The molecular formula is C22H23F2N3O3. The van der Waals surface area contributed by atoms with Gasteiger partial charge in [0.25, 0.3) is 5.91 Å². The van der Waals surface area contributed by atoms with E-state index in [2.05, 4.69) is 4.90 Å². The molecule has 0 spiro atoms. The number of halogens is 2. The zero-order chi connectivity index (χ0) is 21.3. The Morgan fingerprint density at radius 2 is 1.57 bits per heavy atom. The summed E-state index contributed by atoms with van der Waals surface area (Å²) in [6.07, 6.45) is 0. The molecular weight excluding hydrogens is 392 g/mol. The van der Waals surface area contributed by atoms with Gasteiger partial charge in [-0.05, 0) is 42.5 Å². The van der Waals surface area contributed by atoms with E-state index in [1.807, 2.05) is 29.2 Å². The normalized spacial score (nSPS) is 17.0. The third kappa shape index (κ3) is 3.94. The number of ether oxygens (including phenoxy) is 1. The maximum Gasteiger partial charge on any atom is 0.254 e. The number of carbonyl (C=O) groups is 2. The van der Waals surface area contributed by atoms with Crippen LogP contribution in [0.25, 0.3) is 0 Å². The lowest BCUT2D eigenvalue weighted by molar-refractivity contribution is -0.140. The highest BCUT2D eigenvalue weighted by molar-refractivity contribution is 5.96. The summed E-state index contributed by atoms with van der Waals surface area (Å²) in [4.78, 5) is 30.7. The molecule has 0 aliphatic carbocycles. The van der Waals surface area contributed by atoms with Crippen LogP contribution in [-0.2, 0) is 4.79 Å². The van der Waals surface area contributed by atoms with Gasteiger partial charge in [0, 0.05) is 50.5 Å². The topological polar surface area (TPSA) is 53.1 Å². The van der Waals surface area contributed by atoms with Crippen LogP contribution in [0.2, 0.25) is 0 Å². The van der Waals surface area contributed by atoms with Gasteiger partial charge in [-0.1, -0.05) is 0 Å². The Balaban J connectivity index is 1.27. The molecule has 2 saturated heterocycles. The molecule has 8 heteroatoms. The molecule has 2 aliphatic rings. The Labute approximate surface area is 173 Å². The van der Waals surface area contributed by atoms with Crippen molar-refractivity contribution in [3.8, 4) is 5.75 Å². The molecule has 0 bridgehead atoms. The largest absolute Gasteiger partial charge is 0.497 e. The summed E-state index contributed by atoms with van der Waals surface area (Å²) in [5.41, 5.74) is 1.18. The van der Waals surface area contributed by atoms with Gasteiger partial charge in [-0.2, -0.15) is 0 Å². The fourth-order valence-corrected chi connectivity index (χ4v) is 3.85. The molecule has 0 saturated carbocycles. The first-order valence-corrected chi connectivity index (χ1v) is 9.88. The van der Waals surface area contributed by atoms with Gasteiger partial charge in [0.1, 0.15) is 5.75 Å². The van der Waals surface area contributed by atoms with Crippen LogP contribution in [0.3, 0.4) is 0 Å². The molecule has 2 aromatic rings. The van der Waals surface area contributed by atoms with Crippen LogP contribution in [0.15, 0.2) is 42.5 Å². The first kappa shape index (κ1) is 20.1. The van der Waals surface area contributed by atoms with Crippen molar-refractivity contribution in [1.29, 1.82) is 0 Å². The molecule has 2 aliphatic heterocycles. The molecule has 6 nitrogen and oxygen atoms in total. The molecule has 4 rings (SSSR count). The quantitative estimate of drug-likeness (QED) is 0.770. The average molecular weight is 415 g/mol. The summed E-state index contributed by atoms with van der Waals surface area (Å²) in [5.74, 6) is -1.83. The van der Waals surface area contributed by atoms with E-state index >= 15 is 0 Å². The summed E-state index contributed by atoms with van der Waals surface area (Å²) in [6.45, 7) is 3.33. The average Bonchev–Trinajstić information content (AvgIpc) is 2.74. The van der Waals surface area contributed by atoms with Gasteiger partial charge in [0.15, 0.2) is 11.6 Å². The van der Waals surface area contributed by atoms with Gasteiger partial charge in [-0.3, -0.25) is 9.59 Å². The molecule has 158 valence electrons. The number of anilines is 1. The Hall–Kier alpha value is -3.16. The van der Waals surface area contributed by atoms with E-state index in [-0.39, 0.29) is 23.3 Å². The van der Waals surface area contributed by atoms with Crippen molar-refractivity contribution in [3.63, 3.8) is 0 Å². The minimum absolute atomic E-state index is 0.0405. The Morgan fingerprint density at radius 1 is 0.900 bits per heavy atom. The fraction of sp³-hybridized carbons (Fsp3) is 0.364. The van der Waals surface area contributed by atoms with Crippen molar-refractivity contribution in [2.24, 2.45) is 5.92 Å². The maximum absolute atomic E-state index is 13.3. The highest BCUT2D eigenvalue weighted by Gasteiger charge is 2.39. The minimum Gasteiger partial charge on any atom is -0.497 e. The van der Waals surface area contributed by atoms with E-state index in [0.29, 0.717) is 26.2 Å². The lowest BCUT2D eigenvalue weighted by Crippen LogP contribution is -2.59. The number of rotatable bonds is 4. The number of carbonyl (C=O) groups excluding carboxylic acids is 2. The summed E-state index contributed by atoms with van der Waals surface area (Å²) in [5, 5.41) is 0. The fourth-order valence-electron chi connectivity index (χ4n) is 3.85. The molecule has 0 aromatic heterocycles. The smallest absolute Gasteiger partial charge is 0.254 e. The standard InChI is InChI=1S/C22H23F2N3O3/c1-30-18-5-3-17(4-6-18)25-8-10-26(11-9-25)22(29)16-13-27(14-16)21(28)15-2-7-19(23)20(24)12-15/h2-7,12,16H,8-11,13-14H2,1H3. The Bertz CT molecular complexity index is 937. The van der Waals surface area contributed by atoms with Gasteiger partial charge in [-0.15, -0.1) is 0 Å². The van der Waals surface area contributed by atoms with Crippen LogP contribution in [0.4, 0.5) is 14.5 Å². The molecule has 2 fully saturated rings. The maximum atomic E-state index is 13.3. The molecule has 2 heterocycles. The van der Waals surface area contributed by atoms with Crippen molar-refractivity contribution in [2.45, 2.75) is 0 Å². The molecule has 30 heavy (non-hydrogen) atoms. The van der Waals surface area contributed by atoms with Gasteiger partial charge in [-0.25, -0.2) is 8.78 Å². The van der Waals surface area contributed by atoms with Gasteiger partial charge >= 0.3 is 0 Å². The molecule has 0 atom stereocenters. The first-order valence-electron chi connectivity index (χ1n) is 9.88. The van der Waals surface area contributed by atoms with E-state index in [1.54, 1.807) is 7.11 Å². The van der Waals surface area contributed by atoms with Crippen LogP contribution >= 0.6 is 0 Å². The lowest BCUT2D eigenvalue weighted by Gasteiger charge is -2.43. The molecule has 0 unspecified atom stereocenters. The zero-order valence-electron chi connectivity index (χ0n) is 16.7. The van der Waals surface area contributed by atoms with Gasteiger partial charge in [0.05, 0.1) is 13.0 Å². The summed E-state index contributed by atoms with van der Waals surface area (Å²) in [6, 6.07) is 10.9. The van der Waals surface area contributed by atoms with Crippen molar-refractivity contribution < 1.29 is 23.1 Å². The lowest BCUT2D eigenvalue weighted by atomic mass is 9.96. The van der Waals surface area contributed by atoms with E-state index in [9.17, 15) is 18.4 Å². The monoisotopic (exact) mass is 415 g/mol. The second kappa shape index (κ2) is 8.30. The second-order valence-corrected chi connectivity index (χ2v) is 7.55. The number of methoxy groups -OCH3 is 1. The molecule has 0 radical (unpaired) electrons. The van der Waals surface area contributed by atoms with Crippen molar-refractivity contribution in [2.75, 3.05) is 51.3 Å². The second-order valence-electron chi connectivity index (χ2n) is 7.55. The zero-order valence-corrected chi connectivity index (χ0v) is 16.7. The number of piperazine rings is 1. The van der Waals surface area contributed by atoms with E-state index < -0.39 is 11.6 Å². The van der Waals surface area contributed by atoms with Crippen LogP contribution in [0.5, 0.6) is 5.75 Å². The highest BCUT2D eigenvalue weighted by Crippen LogP contribution is 2.24. The Kier molecular flexibility index (Phi) is 5.57. The van der Waals surface area contributed by atoms with Crippen LogP contribution in [0.1, 0.15) is 10.4 Å². The summed E-state index contributed by atoms with van der Waals surface area (Å²) in [7, 11) is 1.63. The van der Waals surface area contributed by atoms with E-state index in [1.165, 1.54) is 11.0 Å². The number of amides is 2. The van der Waals surface area contributed by atoms with Crippen molar-refractivity contribution >= 4 is 17.5 Å². The first-order chi connectivity index (χ1) is 14.5. The third-order valence-corrected chi connectivity index (χ3v) is 5.71. The minimum atomic E-state index is -1.05. The van der Waals surface area contributed by atoms with Crippen LogP contribution in [-0.4, -0.2) is 68.0 Å². The summed E-state index contributed by atoms with van der Waals surface area (Å²) >= 11 is 0. The number of nitrogens with zero attached hydrogens (tertiary/aromatic N) is 3. The predicted octanol–water partition coefficient (Wildman–Crippen LogP) is 2.39. The Morgan fingerprint density at radius 3 is 2.17 bits per heavy atom.